The molecule has 2 rings (SSSR count). The van der Waals surface area contributed by atoms with Crippen molar-refractivity contribution in [2.24, 2.45) is 5.73 Å². The number of carbonyl (C=O) groups is 1. The van der Waals surface area contributed by atoms with Crippen molar-refractivity contribution >= 4 is 46.4 Å². The Hall–Kier alpha value is -1.10. The number of halogens is 2. The number of para-hydroxylation sites is 1. The molecule has 1 atom stereocenters. The summed E-state index contributed by atoms with van der Waals surface area (Å²) >= 11 is 0. The number of carbonyl (C=O) groups excluding carboxylic acids is 1. The van der Waals surface area contributed by atoms with Crippen LogP contribution >= 0.6 is 24.8 Å². The Morgan fingerprint density at radius 3 is 2.35 bits per heavy atom. The number of nitrogens with one attached hydrogen (secondary N) is 1. The number of nitrogens with two attached hydrogens (primary N) is 1. The zero-order valence-electron chi connectivity index (χ0n) is 14.8. The zero-order valence-corrected chi connectivity index (χ0v) is 17.2. The fourth-order valence-electron chi connectivity index (χ4n) is 2.71. The summed E-state index contributed by atoms with van der Waals surface area (Å²) in [5.41, 5.74) is 6.43. The number of ether oxygens (including phenoxy) is 1. The molecule has 1 heterocycles. The van der Waals surface area contributed by atoms with E-state index in [4.69, 9.17) is 10.5 Å². The summed E-state index contributed by atoms with van der Waals surface area (Å²) in [5.74, 6) is -0.146. The molecule has 1 aromatic carbocycles. The molecular weight excluding hydrogens is 403 g/mol. The van der Waals surface area contributed by atoms with Crippen LogP contribution in [-0.4, -0.2) is 72.2 Å². The van der Waals surface area contributed by atoms with E-state index in [2.05, 4.69) is 4.72 Å². The minimum absolute atomic E-state index is 0. The molecule has 0 saturated carbocycles. The van der Waals surface area contributed by atoms with E-state index in [1.54, 1.807) is 29.2 Å². The van der Waals surface area contributed by atoms with Gasteiger partial charge >= 0.3 is 0 Å². The van der Waals surface area contributed by atoms with Crippen LogP contribution in [0.5, 0.6) is 0 Å². The lowest BCUT2D eigenvalue weighted by Crippen LogP contribution is -2.54. The molecule has 0 radical (unpaired) electrons. The maximum absolute atomic E-state index is 12.2. The van der Waals surface area contributed by atoms with Gasteiger partial charge in [0.05, 0.1) is 12.3 Å². The second kappa shape index (κ2) is 10.9. The summed E-state index contributed by atoms with van der Waals surface area (Å²) in [5, 5.41) is 0. The molecule has 8 nitrogen and oxygen atoms in total. The summed E-state index contributed by atoms with van der Waals surface area (Å²) in [4.78, 5) is 16.1. The highest BCUT2D eigenvalue weighted by Gasteiger charge is 2.27. The highest BCUT2D eigenvalue weighted by molar-refractivity contribution is 7.89. The zero-order chi connectivity index (χ0) is 17.7. The van der Waals surface area contributed by atoms with Crippen molar-refractivity contribution < 1.29 is 17.9 Å². The van der Waals surface area contributed by atoms with Gasteiger partial charge in [-0.05, 0) is 19.2 Å². The van der Waals surface area contributed by atoms with Crippen LogP contribution in [-0.2, 0) is 19.6 Å². The average Bonchev–Trinajstić information content (AvgIpc) is 2.61. The Balaban J connectivity index is 0.00000312. The molecule has 0 spiro atoms. The van der Waals surface area contributed by atoms with E-state index in [0.717, 1.165) is 0 Å². The molecule has 1 aliphatic heterocycles. The van der Waals surface area contributed by atoms with E-state index in [0.29, 0.717) is 31.9 Å². The molecule has 1 aromatic rings. The monoisotopic (exact) mass is 428 g/mol. The maximum Gasteiger partial charge on any atom is 0.242 e. The van der Waals surface area contributed by atoms with Gasteiger partial charge < -0.3 is 20.3 Å². The van der Waals surface area contributed by atoms with E-state index >= 15 is 0 Å². The topological polar surface area (TPSA) is 105 Å². The van der Waals surface area contributed by atoms with Gasteiger partial charge in [0, 0.05) is 33.3 Å². The van der Waals surface area contributed by atoms with E-state index < -0.39 is 16.1 Å². The van der Waals surface area contributed by atoms with Crippen LogP contribution in [0.4, 0.5) is 5.69 Å². The Bertz CT molecular complexity index is 682. The molecule has 1 saturated heterocycles. The molecule has 11 heteroatoms. The number of piperazine rings is 1. The molecule has 26 heavy (non-hydrogen) atoms. The summed E-state index contributed by atoms with van der Waals surface area (Å²) in [6, 6.07) is 6.18. The van der Waals surface area contributed by atoms with Gasteiger partial charge in [-0.15, -0.1) is 24.8 Å². The molecule has 1 unspecified atom stereocenters. The second-order valence-electron chi connectivity index (χ2n) is 5.55. The number of hydrogen-bond donors (Lipinski definition) is 2. The Labute approximate surface area is 166 Å². The first-order valence-corrected chi connectivity index (χ1v) is 9.20. The van der Waals surface area contributed by atoms with Gasteiger partial charge in [0.25, 0.3) is 0 Å². The smallest absolute Gasteiger partial charge is 0.242 e. The standard InChI is InChI=1S/C15H24N4O4S.2ClH/c1-17-24(21,22)14-6-4-3-5-13(14)18-7-9-19(10-8-18)15(20)12(16)11-23-2;;/h3-6,12,17H,7-11,16H2,1-2H3;2*1H. The predicted octanol–water partition coefficient (Wildman–Crippen LogP) is 0.0606. The van der Waals surface area contributed by atoms with Crippen LogP contribution in [0.2, 0.25) is 0 Å². The SMILES string of the molecule is CNS(=O)(=O)c1ccccc1N1CCN(C(=O)C(N)COC)CC1.Cl.Cl. The lowest BCUT2D eigenvalue weighted by Gasteiger charge is -2.37. The van der Waals surface area contributed by atoms with E-state index in [1.165, 1.54) is 14.2 Å². The van der Waals surface area contributed by atoms with Gasteiger partial charge in [-0.1, -0.05) is 12.1 Å². The molecule has 1 fully saturated rings. The summed E-state index contributed by atoms with van der Waals surface area (Å²) < 4.78 is 31.6. The predicted molar refractivity (Wildman–Crippen MR) is 106 cm³/mol. The highest BCUT2D eigenvalue weighted by Crippen LogP contribution is 2.25. The van der Waals surface area contributed by atoms with Crippen molar-refractivity contribution in [3.63, 3.8) is 0 Å². The number of benzene rings is 1. The minimum Gasteiger partial charge on any atom is -0.383 e. The third kappa shape index (κ3) is 5.70. The molecule has 0 aliphatic carbocycles. The number of hydrogen-bond acceptors (Lipinski definition) is 6. The van der Waals surface area contributed by atoms with Crippen LogP contribution in [0, 0.1) is 0 Å². The fourth-order valence-corrected chi connectivity index (χ4v) is 3.66. The molecule has 0 bridgehead atoms. The molecule has 3 N–H and O–H groups in total. The maximum atomic E-state index is 12.2. The van der Waals surface area contributed by atoms with Crippen LogP contribution in [0.25, 0.3) is 0 Å². The molecule has 0 aromatic heterocycles. The minimum atomic E-state index is -3.54. The molecule has 150 valence electrons. The van der Waals surface area contributed by atoms with Crippen molar-refractivity contribution in [2.45, 2.75) is 10.9 Å². The van der Waals surface area contributed by atoms with E-state index in [1.807, 2.05) is 4.90 Å². The van der Waals surface area contributed by atoms with Gasteiger partial charge in [0.1, 0.15) is 10.9 Å². The molecule has 1 aliphatic rings. The third-order valence-corrected chi connectivity index (χ3v) is 5.48. The summed E-state index contributed by atoms with van der Waals surface area (Å²) in [6.45, 7) is 2.25. The normalized spacial score (nSPS) is 15.7. The van der Waals surface area contributed by atoms with Crippen LogP contribution in [0.3, 0.4) is 0 Å². The Kier molecular flexibility index (Phi) is 10.4. The number of methoxy groups -OCH3 is 1. The van der Waals surface area contributed by atoms with Crippen molar-refractivity contribution in [1.82, 2.24) is 9.62 Å². The second-order valence-corrected chi connectivity index (χ2v) is 7.40. The van der Waals surface area contributed by atoms with Gasteiger partial charge in [0.2, 0.25) is 15.9 Å². The Morgan fingerprint density at radius 1 is 1.23 bits per heavy atom. The number of nitrogens with zero attached hydrogens (tertiary/aromatic N) is 2. The van der Waals surface area contributed by atoms with Gasteiger partial charge in [-0.3, -0.25) is 4.79 Å². The summed E-state index contributed by atoms with van der Waals surface area (Å²) in [6.07, 6.45) is 0. The number of rotatable bonds is 6. The van der Waals surface area contributed by atoms with Gasteiger partial charge in [-0.25, -0.2) is 13.1 Å². The Morgan fingerprint density at radius 2 is 1.81 bits per heavy atom. The lowest BCUT2D eigenvalue weighted by atomic mass is 10.2. The molecular formula is C15H26Cl2N4O4S. The van der Waals surface area contributed by atoms with Crippen molar-refractivity contribution in [3.05, 3.63) is 24.3 Å². The van der Waals surface area contributed by atoms with Crippen molar-refractivity contribution in [1.29, 1.82) is 0 Å². The quantitative estimate of drug-likeness (QED) is 0.663. The number of sulfonamides is 1. The van der Waals surface area contributed by atoms with Crippen LogP contribution in [0.1, 0.15) is 0 Å². The highest BCUT2D eigenvalue weighted by atomic mass is 35.5. The van der Waals surface area contributed by atoms with Crippen molar-refractivity contribution in [3.8, 4) is 0 Å². The number of amides is 1. The van der Waals surface area contributed by atoms with Crippen LogP contribution < -0.4 is 15.4 Å². The number of anilines is 1. The van der Waals surface area contributed by atoms with Crippen molar-refractivity contribution in [2.75, 3.05) is 51.8 Å². The first-order chi connectivity index (χ1) is 11.4. The van der Waals surface area contributed by atoms with E-state index in [-0.39, 0.29) is 42.2 Å². The largest absolute Gasteiger partial charge is 0.383 e. The first kappa shape index (κ1) is 24.9. The molecule has 1 amide bonds. The van der Waals surface area contributed by atoms with Gasteiger partial charge in [0.15, 0.2) is 0 Å². The van der Waals surface area contributed by atoms with Crippen LogP contribution in [0.15, 0.2) is 29.2 Å². The lowest BCUT2D eigenvalue weighted by molar-refractivity contribution is -0.134. The van der Waals surface area contributed by atoms with Gasteiger partial charge in [-0.2, -0.15) is 0 Å². The fraction of sp³-hybridized carbons (Fsp3) is 0.533. The van der Waals surface area contributed by atoms with E-state index in [9.17, 15) is 13.2 Å². The third-order valence-electron chi connectivity index (χ3n) is 4.02. The summed E-state index contributed by atoms with van der Waals surface area (Å²) in [7, 11) is -0.645. The average molecular weight is 429 g/mol. The first-order valence-electron chi connectivity index (χ1n) is 7.71.